The maximum Gasteiger partial charge on any atom is 0.0372 e. The number of hydrogen-bond acceptors (Lipinski definition) is 2. The van der Waals surface area contributed by atoms with Crippen LogP contribution >= 0.6 is 0 Å². The van der Waals surface area contributed by atoms with Gasteiger partial charge < -0.3 is 0 Å². The normalized spacial score (nSPS) is 18.7. The van der Waals surface area contributed by atoms with Gasteiger partial charge in [-0.05, 0) is 44.5 Å². The van der Waals surface area contributed by atoms with Gasteiger partial charge in [0.1, 0.15) is 0 Å². The first-order valence-electron chi connectivity index (χ1n) is 5.98. The van der Waals surface area contributed by atoms with Crippen molar-refractivity contribution in [3.8, 4) is 0 Å². The fourth-order valence-electron chi connectivity index (χ4n) is 2.14. The lowest BCUT2D eigenvalue weighted by Crippen LogP contribution is -2.23. The molecule has 15 heavy (non-hydrogen) atoms. The Bertz CT molecular complexity index is 284. The number of hydrogen-bond donors (Lipinski definition) is 0. The molecule has 1 aliphatic heterocycles. The van der Waals surface area contributed by atoms with E-state index in [0.29, 0.717) is 0 Å². The third-order valence-electron chi connectivity index (χ3n) is 3.08. The SMILES string of the molecule is Cc1ccc(CN2CCCCCC2)cn1. The molecule has 0 unspecified atom stereocenters. The van der Waals surface area contributed by atoms with Gasteiger partial charge in [0.05, 0.1) is 0 Å². The minimum Gasteiger partial charge on any atom is -0.299 e. The van der Waals surface area contributed by atoms with Gasteiger partial charge >= 0.3 is 0 Å². The Balaban J connectivity index is 1.92. The lowest BCUT2D eigenvalue weighted by atomic mass is 10.2. The molecule has 2 heterocycles. The largest absolute Gasteiger partial charge is 0.299 e. The van der Waals surface area contributed by atoms with E-state index in [-0.39, 0.29) is 0 Å². The molecule has 1 fully saturated rings. The zero-order valence-corrected chi connectivity index (χ0v) is 9.58. The van der Waals surface area contributed by atoms with Gasteiger partial charge in [0, 0.05) is 18.4 Å². The zero-order chi connectivity index (χ0) is 10.5. The van der Waals surface area contributed by atoms with Gasteiger partial charge in [-0.1, -0.05) is 18.9 Å². The van der Waals surface area contributed by atoms with E-state index >= 15 is 0 Å². The van der Waals surface area contributed by atoms with Crippen LogP contribution in [0.15, 0.2) is 18.3 Å². The molecular formula is C13H20N2. The molecule has 2 nitrogen and oxygen atoms in total. The van der Waals surface area contributed by atoms with E-state index in [4.69, 9.17) is 0 Å². The van der Waals surface area contributed by atoms with Gasteiger partial charge in [-0.25, -0.2) is 0 Å². The van der Waals surface area contributed by atoms with Crippen LogP contribution in [0.2, 0.25) is 0 Å². The Kier molecular flexibility index (Phi) is 3.73. The summed E-state index contributed by atoms with van der Waals surface area (Å²) in [5, 5.41) is 0. The van der Waals surface area contributed by atoms with E-state index in [0.717, 1.165) is 12.2 Å². The molecule has 0 aliphatic carbocycles. The van der Waals surface area contributed by atoms with Crippen molar-refractivity contribution in [2.45, 2.75) is 39.2 Å². The molecule has 2 rings (SSSR count). The zero-order valence-electron chi connectivity index (χ0n) is 9.58. The van der Waals surface area contributed by atoms with Crippen LogP contribution in [0.5, 0.6) is 0 Å². The quantitative estimate of drug-likeness (QED) is 0.736. The minimum absolute atomic E-state index is 1.08. The Hall–Kier alpha value is -0.890. The monoisotopic (exact) mass is 204 g/mol. The number of pyridine rings is 1. The van der Waals surface area contributed by atoms with Crippen LogP contribution in [0.3, 0.4) is 0 Å². The molecule has 0 saturated carbocycles. The lowest BCUT2D eigenvalue weighted by Gasteiger charge is -2.19. The molecule has 0 radical (unpaired) electrons. The van der Waals surface area contributed by atoms with Crippen molar-refractivity contribution < 1.29 is 0 Å². The maximum atomic E-state index is 4.34. The van der Waals surface area contributed by atoms with Gasteiger partial charge in [0.25, 0.3) is 0 Å². The Labute approximate surface area is 92.3 Å². The standard InChI is InChI=1S/C13H20N2/c1-12-6-7-13(10-14-12)11-15-8-4-2-3-5-9-15/h6-7,10H,2-5,8-9,11H2,1H3. The smallest absolute Gasteiger partial charge is 0.0372 e. The average Bonchev–Trinajstić information content (AvgIpc) is 2.50. The first-order chi connectivity index (χ1) is 7.34. The minimum atomic E-state index is 1.08. The fourth-order valence-corrected chi connectivity index (χ4v) is 2.14. The molecule has 82 valence electrons. The molecule has 0 bridgehead atoms. The summed E-state index contributed by atoms with van der Waals surface area (Å²) in [6, 6.07) is 4.31. The first kappa shape index (κ1) is 10.6. The Morgan fingerprint density at radius 1 is 1.13 bits per heavy atom. The predicted molar refractivity (Wildman–Crippen MR) is 62.7 cm³/mol. The molecule has 0 N–H and O–H groups in total. The van der Waals surface area contributed by atoms with Crippen LogP contribution < -0.4 is 0 Å². The molecule has 1 aromatic rings. The van der Waals surface area contributed by atoms with Gasteiger partial charge in [0.15, 0.2) is 0 Å². The summed E-state index contributed by atoms with van der Waals surface area (Å²) in [6.45, 7) is 5.63. The van der Waals surface area contributed by atoms with E-state index in [9.17, 15) is 0 Å². The average molecular weight is 204 g/mol. The highest BCUT2D eigenvalue weighted by molar-refractivity contribution is 5.12. The molecule has 1 saturated heterocycles. The molecule has 0 aromatic carbocycles. The highest BCUT2D eigenvalue weighted by Gasteiger charge is 2.09. The lowest BCUT2D eigenvalue weighted by molar-refractivity contribution is 0.276. The third kappa shape index (κ3) is 3.31. The molecule has 0 atom stereocenters. The summed E-state index contributed by atoms with van der Waals surface area (Å²) in [6.07, 6.45) is 7.55. The van der Waals surface area contributed by atoms with Crippen molar-refractivity contribution in [1.82, 2.24) is 9.88 Å². The van der Waals surface area contributed by atoms with Crippen LogP contribution in [0.4, 0.5) is 0 Å². The summed E-state index contributed by atoms with van der Waals surface area (Å²) in [4.78, 5) is 6.90. The van der Waals surface area contributed by atoms with Crippen molar-refractivity contribution >= 4 is 0 Å². The van der Waals surface area contributed by atoms with Crippen molar-refractivity contribution in [3.05, 3.63) is 29.6 Å². The van der Waals surface area contributed by atoms with Crippen LogP contribution in [0.1, 0.15) is 36.9 Å². The summed E-state index contributed by atoms with van der Waals surface area (Å²) in [5.41, 5.74) is 2.46. The van der Waals surface area contributed by atoms with Gasteiger partial charge in [-0.15, -0.1) is 0 Å². The molecule has 0 amide bonds. The van der Waals surface area contributed by atoms with Crippen molar-refractivity contribution in [3.63, 3.8) is 0 Å². The van der Waals surface area contributed by atoms with E-state index in [2.05, 4.69) is 22.0 Å². The molecule has 1 aromatic heterocycles. The van der Waals surface area contributed by atoms with Gasteiger partial charge in [0.2, 0.25) is 0 Å². The summed E-state index contributed by atoms with van der Waals surface area (Å²) >= 11 is 0. The topological polar surface area (TPSA) is 16.1 Å². The van der Waals surface area contributed by atoms with E-state index in [1.165, 1.54) is 44.3 Å². The second-order valence-corrected chi connectivity index (χ2v) is 4.50. The van der Waals surface area contributed by atoms with E-state index < -0.39 is 0 Å². The first-order valence-corrected chi connectivity index (χ1v) is 5.98. The Morgan fingerprint density at radius 2 is 1.87 bits per heavy atom. The molecule has 0 spiro atoms. The van der Waals surface area contributed by atoms with Crippen LogP contribution in [-0.4, -0.2) is 23.0 Å². The Morgan fingerprint density at radius 3 is 2.47 bits per heavy atom. The van der Waals surface area contributed by atoms with E-state index in [1.54, 1.807) is 0 Å². The number of aromatic nitrogens is 1. The van der Waals surface area contributed by atoms with Crippen LogP contribution in [0.25, 0.3) is 0 Å². The maximum absolute atomic E-state index is 4.34. The van der Waals surface area contributed by atoms with E-state index in [1.807, 2.05) is 13.1 Å². The second kappa shape index (κ2) is 5.26. The van der Waals surface area contributed by atoms with Crippen LogP contribution in [0, 0.1) is 6.92 Å². The highest BCUT2D eigenvalue weighted by atomic mass is 15.1. The summed E-state index contributed by atoms with van der Waals surface area (Å²) in [5.74, 6) is 0. The second-order valence-electron chi connectivity index (χ2n) is 4.50. The number of aryl methyl sites for hydroxylation is 1. The van der Waals surface area contributed by atoms with Crippen molar-refractivity contribution in [2.75, 3.05) is 13.1 Å². The summed E-state index contributed by atoms with van der Waals surface area (Å²) < 4.78 is 0. The van der Waals surface area contributed by atoms with Crippen molar-refractivity contribution in [1.29, 1.82) is 0 Å². The third-order valence-corrected chi connectivity index (χ3v) is 3.08. The highest BCUT2D eigenvalue weighted by Crippen LogP contribution is 2.12. The van der Waals surface area contributed by atoms with Gasteiger partial charge in [-0.3, -0.25) is 9.88 Å². The fraction of sp³-hybridized carbons (Fsp3) is 0.615. The number of likely N-dealkylation sites (tertiary alicyclic amines) is 1. The number of rotatable bonds is 2. The number of nitrogens with zero attached hydrogens (tertiary/aromatic N) is 2. The van der Waals surface area contributed by atoms with Gasteiger partial charge in [-0.2, -0.15) is 0 Å². The molecule has 1 aliphatic rings. The molecular weight excluding hydrogens is 184 g/mol. The van der Waals surface area contributed by atoms with Crippen molar-refractivity contribution in [2.24, 2.45) is 0 Å². The molecule has 2 heteroatoms. The predicted octanol–water partition coefficient (Wildman–Crippen LogP) is 2.77. The summed E-state index contributed by atoms with van der Waals surface area (Å²) in [7, 11) is 0. The van der Waals surface area contributed by atoms with Crippen LogP contribution in [-0.2, 0) is 6.54 Å².